The zero-order valence-electron chi connectivity index (χ0n) is 12.2. The van der Waals surface area contributed by atoms with Gasteiger partial charge in [0.15, 0.2) is 0 Å². The maximum absolute atomic E-state index is 6.16. The highest BCUT2D eigenvalue weighted by Crippen LogP contribution is 2.40. The summed E-state index contributed by atoms with van der Waals surface area (Å²) in [5.74, 6) is 0. The van der Waals surface area contributed by atoms with Crippen molar-refractivity contribution in [3.8, 4) is 0 Å². The molecule has 0 unspecified atom stereocenters. The van der Waals surface area contributed by atoms with Crippen LogP contribution in [0.2, 0.25) is 5.02 Å². The summed E-state index contributed by atoms with van der Waals surface area (Å²) in [6.45, 7) is 3.91. The summed E-state index contributed by atoms with van der Waals surface area (Å²) in [5.41, 5.74) is 4.26. The zero-order chi connectivity index (χ0) is 14.9. The second-order valence-electron chi connectivity index (χ2n) is 5.47. The molecule has 2 aliphatic heterocycles. The molecule has 2 aromatic rings. The molecule has 1 N–H and O–H groups in total. The molecule has 2 aromatic carbocycles. The molecule has 4 rings (SSSR count). The molecule has 0 aromatic heterocycles. The Morgan fingerprint density at radius 2 is 1.82 bits per heavy atom. The molecule has 0 amide bonds. The van der Waals surface area contributed by atoms with E-state index in [4.69, 9.17) is 11.6 Å². The number of fused-ring (bicyclic) bond motifs is 2. The molecular formula is C17H17ClN4. The number of piperazine rings is 1. The number of hydrazine groups is 1. The average molecular weight is 313 g/mol. The lowest BCUT2D eigenvalue weighted by Crippen LogP contribution is -2.51. The van der Waals surface area contributed by atoms with E-state index < -0.39 is 0 Å². The molecule has 5 heteroatoms. The highest BCUT2D eigenvalue weighted by atomic mass is 35.5. The first-order chi connectivity index (χ1) is 10.8. The summed E-state index contributed by atoms with van der Waals surface area (Å²) in [4.78, 5) is 4.64. The first-order valence-electron chi connectivity index (χ1n) is 7.51. The summed E-state index contributed by atoms with van der Waals surface area (Å²) >= 11 is 6.16. The van der Waals surface area contributed by atoms with Crippen molar-refractivity contribution in [2.75, 3.05) is 31.2 Å². The molecule has 0 bridgehead atoms. The van der Waals surface area contributed by atoms with Gasteiger partial charge in [0.2, 0.25) is 0 Å². The van der Waals surface area contributed by atoms with Crippen molar-refractivity contribution < 1.29 is 0 Å². The Kier molecular flexibility index (Phi) is 3.58. The molecule has 0 radical (unpaired) electrons. The molecule has 0 saturated carbocycles. The summed E-state index contributed by atoms with van der Waals surface area (Å²) in [6.07, 6.45) is 1.92. The number of rotatable bonds is 1. The van der Waals surface area contributed by atoms with Crippen LogP contribution in [0.25, 0.3) is 0 Å². The predicted octanol–water partition coefficient (Wildman–Crippen LogP) is 3.36. The minimum absolute atomic E-state index is 0.710. The minimum atomic E-state index is 0.710. The molecule has 0 atom stereocenters. The van der Waals surface area contributed by atoms with Gasteiger partial charge >= 0.3 is 0 Å². The largest absolute Gasteiger partial charge is 0.314 e. The highest BCUT2D eigenvalue weighted by Gasteiger charge is 2.25. The first-order valence-corrected chi connectivity index (χ1v) is 7.89. The van der Waals surface area contributed by atoms with Crippen LogP contribution >= 0.6 is 11.6 Å². The molecule has 0 spiro atoms. The molecule has 112 valence electrons. The van der Waals surface area contributed by atoms with Crippen LogP contribution < -0.4 is 10.3 Å². The monoisotopic (exact) mass is 312 g/mol. The van der Waals surface area contributed by atoms with Crippen molar-refractivity contribution in [1.29, 1.82) is 0 Å². The molecule has 4 nitrogen and oxygen atoms in total. The lowest BCUT2D eigenvalue weighted by atomic mass is 10.1. The summed E-state index contributed by atoms with van der Waals surface area (Å²) in [7, 11) is 0. The SMILES string of the molecule is Clc1ccc2c(c1)N=Cc1ccccc1N2N1CCNCC1. The van der Waals surface area contributed by atoms with Crippen LogP contribution in [0, 0.1) is 0 Å². The van der Waals surface area contributed by atoms with Gasteiger partial charge in [0.1, 0.15) is 0 Å². The quantitative estimate of drug-likeness (QED) is 0.876. The lowest BCUT2D eigenvalue weighted by Gasteiger charge is -2.39. The van der Waals surface area contributed by atoms with E-state index >= 15 is 0 Å². The van der Waals surface area contributed by atoms with Crippen molar-refractivity contribution in [3.05, 3.63) is 53.1 Å². The van der Waals surface area contributed by atoms with E-state index in [9.17, 15) is 0 Å². The maximum Gasteiger partial charge on any atom is 0.0896 e. The lowest BCUT2D eigenvalue weighted by molar-refractivity contribution is 0.244. The normalized spacial score (nSPS) is 17.8. The average Bonchev–Trinajstić information content (AvgIpc) is 2.72. The topological polar surface area (TPSA) is 30.9 Å². The van der Waals surface area contributed by atoms with Gasteiger partial charge < -0.3 is 5.32 Å². The van der Waals surface area contributed by atoms with Crippen LogP contribution in [0.4, 0.5) is 17.1 Å². The van der Waals surface area contributed by atoms with E-state index in [2.05, 4.69) is 44.6 Å². The van der Waals surface area contributed by atoms with Gasteiger partial charge in [0.25, 0.3) is 0 Å². The van der Waals surface area contributed by atoms with Crippen molar-refractivity contribution in [2.24, 2.45) is 4.99 Å². The van der Waals surface area contributed by atoms with Crippen LogP contribution in [0.3, 0.4) is 0 Å². The third-order valence-electron chi connectivity index (χ3n) is 4.05. The van der Waals surface area contributed by atoms with Gasteiger partial charge in [0, 0.05) is 43.0 Å². The number of hydrogen-bond donors (Lipinski definition) is 1. The highest BCUT2D eigenvalue weighted by molar-refractivity contribution is 6.31. The number of nitrogens with zero attached hydrogens (tertiary/aromatic N) is 3. The summed E-state index contributed by atoms with van der Waals surface area (Å²) < 4.78 is 0. The fourth-order valence-corrected chi connectivity index (χ4v) is 3.16. The van der Waals surface area contributed by atoms with Gasteiger partial charge in [-0.25, -0.2) is 5.01 Å². The summed E-state index contributed by atoms with van der Waals surface area (Å²) in [6, 6.07) is 14.3. The van der Waals surface area contributed by atoms with E-state index in [1.807, 2.05) is 24.4 Å². The van der Waals surface area contributed by atoms with Crippen molar-refractivity contribution in [2.45, 2.75) is 0 Å². The number of halogens is 1. The van der Waals surface area contributed by atoms with E-state index in [1.165, 1.54) is 0 Å². The number of nitrogens with one attached hydrogen (secondary N) is 1. The van der Waals surface area contributed by atoms with Gasteiger partial charge in [-0.3, -0.25) is 10.0 Å². The van der Waals surface area contributed by atoms with E-state index in [0.717, 1.165) is 48.8 Å². The second-order valence-corrected chi connectivity index (χ2v) is 5.90. The Bertz CT molecular complexity index is 722. The predicted molar refractivity (Wildman–Crippen MR) is 91.7 cm³/mol. The fraction of sp³-hybridized carbons (Fsp3) is 0.235. The van der Waals surface area contributed by atoms with Crippen molar-refractivity contribution in [3.63, 3.8) is 0 Å². The van der Waals surface area contributed by atoms with Gasteiger partial charge in [-0.05, 0) is 24.3 Å². The zero-order valence-corrected chi connectivity index (χ0v) is 12.9. The molecule has 2 aliphatic rings. The minimum Gasteiger partial charge on any atom is -0.314 e. The molecule has 2 heterocycles. The molecule has 0 aliphatic carbocycles. The standard InChI is InChI=1S/C17H17ClN4/c18-14-5-6-17-15(11-14)20-12-13-3-1-2-4-16(13)22(17)21-9-7-19-8-10-21/h1-6,11-12,19H,7-10H2. The first kappa shape index (κ1) is 13.8. The van der Waals surface area contributed by atoms with Crippen LogP contribution in [0.1, 0.15) is 5.56 Å². The summed E-state index contributed by atoms with van der Waals surface area (Å²) in [5, 5.41) is 8.77. The maximum atomic E-state index is 6.16. The van der Waals surface area contributed by atoms with Crippen LogP contribution in [0.5, 0.6) is 0 Å². The third kappa shape index (κ3) is 2.39. The van der Waals surface area contributed by atoms with E-state index in [-0.39, 0.29) is 0 Å². The molecule has 22 heavy (non-hydrogen) atoms. The number of benzene rings is 2. The molecular weight excluding hydrogens is 296 g/mol. The molecule has 1 saturated heterocycles. The van der Waals surface area contributed by atoms with Gasteiger partial charge in [-0.2, -0.15) is 0 Å². The Labute approximate surface area is 135 Å². The number of aliphatic imine (C=N–C) groups is 1. The van der Waals surface area contributed by atoms with Crippen LogP contribution in [-0.2, 0) is 0 Å². The van der Waals surface area contributed by atoms with Crippen LogP contribution in [-0.4, -0.2) is 37.4 Å². The van der Waals surface area contributed by atoms with E-state index in [0.29, 0.717) is 5.02 Å². The Morgan fingerprint density at radius 1 is 1.00 bits per heavy atom. The van der Waals surface area contributed by atoms with Gasteiger partial charge in [-0.1, -0.05) is 29.8 Å². The number of para-hydroxylation sites is 1. The number of anilines is 2. The van der Waals surface area contributed by atoms with E-state index in [1.54, 1.807) is 0 Å². The Balaban J connectivity index is 1.89. The van der Waals surface area contributed by atoms with Gasteiger partial charge in [-0.15, -0.1) is 0 Å². The van der Waals surface area contributed by atoms with Crippen LogP contribution in [0.15, 0.2) is 47.5 Å². The molecule has 1 fully saturated rings. The van der Waals surface area contributed by atoms with Crippen molar-refractivity contribution in [1.82, 2.24) is 10.3 Å². The fourth-order valence-electron chi connectivity index (χ4n) is 3.00. The van der Waals surface area contributed by atoms with Crippen molar-refractivity contribution >= 4 is 34.9 Å². The Hall–Kier alpha value is -1.88. The smallest absolute Gasteiger partial charge is 0.0896 e. The Morgan fingerprint density at radius 3 is 2.68 bits per heavy atom. The number of hydrogen-bond acceptors (Lipinski definition) is 4. The third-order valence-corrected chi connectivity index (χ3v) is 4.28. The van der Waals surface area contributed by atoms with Gasteiger partial charge in [0.05, 0.1) is 17.1 Å². The second kappa shape index (κ2) is 5.72.